The molecule has 1 aliphatic carbocycles. The summed E-state index contributed by atoms with van der Waals surface area (Å²) in [4.78, 5) is 26.5. The van der Waals surface area contributed by atoms with Gasteiger partial charge in [-0.15, -0.1) is 0 Å². The summed E-state index contributed by atoms with van der Waals surface area (Å²) >= 11 is 0. The molecule has 0 saturated heterocycles. The summed E-state index contributed by atoms with van der Waals surface area (Å²) in [6.45, 7) is 1.28. The summed E-state index contributed by atoms with van der Waals surface area (Å²) in [6, 6.07) is 3.32. The first-order valence-corrected chi connectivity index (χ1v) is 7.55. The van der Waals surface area contributed by atoms with Gasteiger partial charge in [-0.3, -0.25) is 9.59 Å². The summed E-state index contributed by atoms with van der Waals surface area (Å²) < 4.78 is 27.2. The highest BCUT2D eigenvalue weighted by Crippen LogP contribution is 2.47. The summed E-state index contributed by atoms with van der Waals surface area (Å²) in [5.74, 6) is -2.77. The SMILES string of the molecule is CN(C)CCCNC(=O)C1(C(=O)Nc2c(F)cccc2F)CC1. The molecule has 0 aliphatic heterocycles. The predicted octanol–water partition coefficient (Wildman–Crippen LogP) is 1.75. The lowest BCUT2D eigenvalue weighted by Crippen LogP contribution is -2.41. The van der Waals surface area contributed by atoms with Crippen LogP contribution in [0.5, 0.6) is 0 Å². The van der Waals surface area contributed by atoms with Gasteiger partial charge in [0.25, 0.3) is 0 Å². The van der Waals surface area contributed by atoms with Crippen molar-refractivity contribution < 1.29 is 18.4 Å². The second-order valence-corrected chi connectivity index (χ2v) is 6.05. The fraction of sp³-hybridized carbons (Fsp3) is 0.500. The van der Waals surface area contributed by atoms with Crippen molar-refractivity contribution in [1.82, 2.24) is 10.2 Å². The van der Waals surface area contributed by atoms with Crippen molar-refractivity contribution in [3.8, 4) is 0 Å². The zero-order valence-corrected chi connectivity index (χ0v) is 13.3. The molecule has 0 bridgehead atoms. The van der Waals surface area contributed by atoms with E-state index in [0.29, 0.717) is 19.4 Å². The van der Waals surface area contributed by atoms with E-state index in [4.69, 9.17) is 0 Å². The van der Waals surface area contributed by atoms with E-state index in [0.717, 1.165) is 25.1 Å². The Morgan fingerprint density at radius 2 is 1.78 bits per heavy atom. The first-order chi connectivity index (χ1) is 10.9. The minimum Gasteiger partial charge on any atom is -0.355 e. The number of halogens is 2. The smallest absolute Gasteiger partial charge is 0.240 e. The summed E-state index contributed by atoms with van der Waals surface area (Å²) in [5.41, 5.74) is -1.71. The van der Waals surface area contributed by atoms with Crippen LogP contribution in [0.4, 0.5) is 14.5 Å². The number of hydrogen-bond acceptors (Lipinski definition) is 3. The van der Waals surface area contributed by atoms with E-state index in [1.165, 1.54) is 6.07 Å². The molecule has 1 fully saturated rings. The quantitative estimate of drug-likeness (QED) is 0.593. The second kappa shape index (κ2) is 7.04. The van der Waals surface area contributed by atoms with E-state index in [2.05, 4.69) is 10.6 Å². The van der Waals surface area contributed by atoms with E-state index < -0.39 is 28.6 Å². The third-order valence-electron chi connectivity index (χ3n) is 3.89. The molecular formula is C16H21F2N3O2. The molecule has 1 aromatic carbocycles. The Bertz CT molecular complexity index is 581. The molecule has 0 heterocycles. The second-order valence-electron chi connectivity index (χ2n) is 6.05. The third-order valence-corrected chi connectivity index (χ3v) is 3.89. The minimum atomic E-state index is -1.20. The van der Waals surface area contributed by atoms with Crippen LogP contribution >= 0.6 is 0 Å². The van der Waals surface area contributed by atoms with E-state index >= 15 is 0 Å². The van der Waals surface area contributed by atoms with Crippen LogP contribution in [0.1, 0.15) is 19.3 Å². The van der Waals surface area contributed by atoms with Gasteiger partial charge in [-0.25, -0.2) is 8.78 Å². The number of carbonyl (C=O) groups excluding carboxylic acids is 2. The van der Waals surface area contributed by atoms with Crippen molar-refractivity contribution in [1.29, 1.82) is 0 Å². The molecule has 0 atom stereocenters. The first kappa shape index (κ1) is 17.3. The number of benzene rings is 1. The van der Waals surface area contributed by atoms with E-state index in [9.17, 15) is 18.4 Å². The standard InChI is InChI=1S/C16H21F2N3O2/c1-21(2)10-4-9-19-14(22)16(7-8-16)15(23)20-13-11(17)5-3-6-12(13)18/h3,5-6H,4,7-10H2,1-2H3,(H,19,22)(H,20,23). The molecule has 5 nitrogen and oxygen atoms in total. The van der Waals surface area contributed by atoms with Crippen LogP contribution in [-0.4, -0.2) is 43.9 Å². The third kappa shape index (κ3) is 4.04. The fourth-order valence-electron chi connectivity index (χ4n) is 2.30. The van der Waals surface area contributed by atoms with Gasteiger partial charge in [0.1, 0.15) is 22.7 Å². The minimum absolute atomic E-state index is 0.383. The molecule has 126 valence electrons. The van der Waals surface area contributed by atoms with Crippen LogP contribution in [0, 0.1) is 17.0 Å². The highest BCUT2D eigenvalue weighted by molar-refractivity contribution is 6.13. The van der Waals surface area contributed by atoms with E-state index in [-0.39, 0.29) is 5.91 Å². The van der Waals surface area contributed by atoms with Gasteiger partial charge in [0.05, 0.1) is 0 Å². The van der Waals surface area contributed by atoms with Crippen LogP contribution < -0.4 is 10.6 Å². The Morgan fingerprint density at radius 1 is 1.17 bits per heavy atom. The van der Waals surface area contributed by atoms with Gasteiger partial charge in [-0.1, -0.05) is 6.07 Å². The van der Waals surface area contributed by atoms with Crippen molar-refractivity contribution in [3.05, 3.63) is 29.8 Å². The summed E-state index contributed by atoms with van der Waals surface area (Å²) in [7, 11) is 3.86. The van der Waals surface area contributed by atoms with E-state index in [1.807, 2.05) is 19.0 Å². The van der Waals surface area contributed by atoms with Crippen molar-refractivity contribution in [2.45, 2.75) is 19.3 Å². The Morgan fingerprint density at radius 3 is 2.30 bits per heavy atom. The molecule has 1 aromatic rings. The fourth-order valence-corrected chi connectivity index (χ4v) is 2.30. The Labute approximate surface area is 134 Å². The van der Waals surface area contributed by atoms with Crippen LogP contribution in [-0.2, 0) is 9.59 Å². The van der Waals surface area contributed by atoms with Gasteiger partial charge in [0.15, 0.2) is 0 Å². The predicted molar refractivity (Wildman–Crippen MR) is 82.8 cm³/mol. The van der Waals surface area contributed by atoms with Gasteiger partial charge in [-0.05, 0) is 52.0 Å². The van der Waals surface area contributed by atoms with Gasteiger partial charge >= 0.3 is 0 Å². The number of nitrogens with zero attached hydrogens (tertiary/aromatic N) is 1. The van der Waals surface area contributed by atoms with Gasteiger partial charge in [0.2, 0.25) is 11.8 Å². The van der Waals surface area contributed by atoms with E-state index in [1.54, 1.807) is 0 Å². The molecule has 2 N–H and O–H groups in total. The maximum Gasteiger partial charge on any atom is 0.240 e. The number of nitrogens with one attached hydrogen (secondary N) is 2. The lowest BCUT2D eigenvalue weighted by molar-refractivity contribution is -0.134. The highest BCUT2D eigenvalue weighted by Gasteiger charge is 2.56. The average molecular weight is 325 g/mol. The van der Waals surface area contributed by atoms with Crippen molar-refractivity contribution in [2.24, 2.45) is 5.41 Å². The van der Waals surface area contributed by atoms with Crippen LogP contribution in [0.2, 0.25) is 0 Å². The Hall–Kier alpha value is -2.02. The number of amides is 2. The van der Waals surface area contributed by atoms with Crippen molar-refractivity contribution in [2.75, 3.05) is 32.5 Å². The largest absolute Gasteiger partial charge is 0.355 e. The molecule has 0 unspecified atom stereocenters. The highest BCUT2D eigenvalue weighted by atomic mass is 19.1. The van der Waals surface area contributed by atoms with Gasteiger partial charge in [0, 0.05) is 6.54 Å². The average Bonchev–Trinajstić information content (AvgIpc) is 3.29. The molecule has 2 amide bonds. The number of rotatable bonds is 7. The Balaban J connectivity index is 1.94. The lowest BCUT2D eigenvalue weighted by Gasteiger charge is -2.16. The first-order valence-electron chi connectivity index (χ1n) is 7.55. The topological polar surface area (TPSA) is 61.4 Å². The molecule has 0 aromatic heterocycles. The normalized spacial score (nSPS) is 15.3. The van der Waals surface area contributed by atoms with Crippen molar-refractivity contribution in [3.63, 3.8) is 0 Å². The number of hydrogen-bond donors (Lipinski definition) is 2. The zero-order valence-electron chi connectivity index (χ0n) is 13.3. The van der Waals surface area contributed by atoms with Crippen molar-refractivity contribution >= 4 is 17.5 Å². The van der Waals surface area contributed by atoms with Crippen LogP contribution in [0.3, 0.4) is 0 Å². The Kier molecular flexibility index (Phi) is 5.30. The molecule has 1 saturated carbocycles. The summed E-state index contributed by atoms with van der Waals surface area (Å²) in [5, 5.41) is 4.94. The van der Waals surface area contributed by atoms with Gasteiger partial charge < -0.3 is 15.5 Å². The summed E-state index contributed by atoms with van der Waals surface area (Å²) in [6.07, 6.45) is 1.53. The monoisotopic (exact) mass is 325 g/mol. The maximum atomic E-state index is 13.6. The molecule has 1 aliphatic rings. The number of para-hydroxylation sites is 1. The molecule has 7 heteroatoms. The molecule has 0 radical (unpaired) electrons. The van der Waals surface area contributed by atoms with Crippen LogP contribution in [0.15, 0.2) is 18.2 Å². The zero-order chi connectivity index (χ0) is 17.0. The number of carbonyl (C=O) groups is 2. The van der Waals surface area contributed by atoms with Gasteiger partial charge in [-0.2, -0.15) is 0 Å². The maximum absolute atomic E-state index is 13.6. The molecule has 0 spiro atoms. The molecular weight excluding hydrogens is 304 g/mol. The van der Waals surface area contributed by atoms with Crippen LogP contribution in [0.25, 0.3) is 0 Å². The molecule has 23 heavy (non-hydrogen) atoms. The lowest BCUT2D eigenvalue weighted by atomic mass is 10.0. The molecule has 2 rings (SSSR count). The number of anilines is 1.